The summed E-state index contributed by atoms with van der Waals surface area (Å²) >= 11 is 0. The predicted octanol–water partition coefficient (Wildman–Crippen LogP) is 0.364. The maximum absolute atomic E-state index is 13.2. The van der Waals surface area contributed by atoms with Gasteiger partial charge in [-0.3, -0.25) is 4.79 Å². The molecule has 0 radical (unpaired) electrons. The van der Waals surface area contributed by atoms with Crippen LogP contribution in [-0.4, -0.2) is 50.9 Å². The quantitative estimate of drug-likeness (QED) is 0.789. The second-order valence-corrected chi connectivity index (χ2v) is 10.3. The van der Waals surface area contributed by atoms with Gasteiger partial charge in [-0.25, -0.2) is 8.42 Å². The van der Waals surface area contributed by atoms with Crippen molar-refractivity contribution in [3.63, 3.8) is 0 Å². The molecule has 1 fully saturated rings. The topological polar surface area (TPSA) is 84.9 Å². The van der Waals surface area contributed by atoms with Crippen LogP contribution in [0.5, 0.6) is 0 Å². The number of nitrogens with two attached hydrogens (primary N) is 1. The second-order valence-electron chi connectivity index (χ2n) is 8.38. The minimum atomic E-state index is -3.55. The summed E-state index contributed by atoms with van der Waals surface area (Å²) in [6, 6.07) is 3.67. The molecule has 1 aliphatic heterocycles. The summed E-state index contributed by atoms with van der Waals surface area (Å²) in [5.41, 5.74) is 8.06. The Balaban J connectivity index is 2.28. The third-order valence-corrected chi connectivity index (χ3v) is 7.53. The number of quaternary nitrogens is 1. The highest BCUT2D eigenvalue weighted by molar-refractivity contribution is 7.89. The zero-order valence-corrected chi connectivity index (χ0v) is 17.5. The Hall–Kier alpha value is -1.44. The van der Waals surface area contributed by atoms with E-state index in [4.69, 9.17) is 5.73 Å². The van der Waals surface area contributed by atoms with Crippen LogP contribution in [0.3, 0.4) is 0 Å². The Morgan fingerprint density at radius 1 is 1.15 bits per heavy atom. The van der Waals surface area contributed by atoms with Gasteiger partial charge in [-0.15, -0.1) is 0 Å². The van der Waals surface area contributed by atoms with Crippen molar-refractivity contribution >= 4 is 15.9 Å². The van der Waals surface area contributed by atoms with Gasteiger partial charge >= 0.3 is 0 Å². The summed E-state index contributed by atoms with van der Waals surface area (Å²) < 4.78 is 28.0. The number of nitrogens with zero attached hydrogens (tertiary/aromatic N) is 1. The average molecular weight is 383 g/mol. The number of amides is 1. The number of rotatable bonds is 4. The minimum Gasteiger partial charge on any atom is -0.365 e. The van der Waals surface area contributed by atoms with E-state index in [1.807, 2.05) is 26.0 Å². The Morgan fingerprint density at radius 2 is 1.62 bits per heavy atom. The van der Waals surface area contributed by atoms with Crippen molar-refractivity contribution in [1.82, 2.24) is 4.31 Å². The van der Waals surface area contributed by atoms with Gasteiger partial charge in [0, 0.05) is 0 Å². The number of nitrogens with one attached hydrogen (secondary N) is 1. The first-order valence-electron chi connectivity index (χ1n) is 9.11. The average Bonchev–Trinajstić information content (AvgIpc) is 2.52. The molecule has 0 aliphatic carbocycles. The third kappa shape index (κ3) is 4.10. The number of piperazine rings is 1. The number of hydrogen-bond donors (Lipinski definition) is 2. The summed E-state index contributed by atoms with van der Waals surface area (Å²) in [6.45, 7) is 13.9. The van der Waals surface area contributed by atoms with Crippen LogP contribution >= 0.6 is 0 Å². The molecule has 0 saturated carbocycles. The van der Waals surface area contributed by atoms with E-state index in [1.165, 1.54) is 4.31 Å². The van der Waals surface area contributed by atoms with E-state index in [0.717, 1.165) is 21.6 Å². The Morgan fingerprint density at radius 3 is 2.00 bits per heavy atom. The molecule has 0 bridgehead atoms. The van der Waals surface area contributed by atoms with Crippen LogP contribution < -0.4 is 10.6 Å². The number of hydrogen-bond acceptors (Lipinski definition) is 3. The van der Waals surface area contributed by atoms with E-state index in [2.05, 4.69) is 20.8 Å². The molecule has 26 heavy (non-hydrogen) atoms. The molecule has 6 nitrogen and oxygen atoms in total. The van der Waals surface area contributed by atoms with E-state index < -0.39 is 10.0 Å². The molecular formula is C19H32N3O3S+. The number of primary amides is 1. The fourth-order valence-electron chi connectivity index (χ4n) is 3.57. The monoisotopic (exact) mass is 382 g/mol. The lowest BCUT2D eigenvalue weighted by Crippen LogP contribution is -3.19. The van der Waals surface area contributed by atoms with E-state index in [1.54, 1.807) is 6.92 Å². The molecule has 0 spiro atoms. The Kier molecular flexibility index (Phi) is 5.85. The molecule has 1 heterocycles. The fourth-order valence-corrected chi connectivity index (χ4v) is 5.42. The number of benzene rings is 1. The van der Waals surface area contributed by atoms with Gasteiger partial charge in [-0.1, -0.05) is 32.9 Å². The summed E-state index contributed by atoms with van der Waals surface area (Å²) in [5, 5.41) is 0. The zero-order valence-electron chi connectivity index (χ0n) is 16.7. The van der Waals surface area contributed by atoms with E-state index in [-0.39, 0.29) is 17.4 Å². The number of carbonyl (C=O) groups is 1. The molecule has 1 atom stereocenters. The molecule has 7 heteroatoms. The van der Waals surface area contributed by atoms with E-state index in [0.29, 0.717) is 31.1 Å². The first-order valence-corrected chi connectivity index (χ1v) is 10.6. The van der Waals surface area contributed by atoms with Gasteiger partial charge in [-0.2, -0.15) is 4.31 Å². The van der Waals surface area contributed by atoms with Gasteiger partial charge in [0.15, 0.2) is 6.04 Å². The molecule has 2 rings (SSSR count). The van der Waals surface area contributed by atoms with Crippen molar-refractivity contribution in [2.45, 2.75) is 57.9 Å². The van der Waals surface area contributed by atoms with Gasteiger partial charge in [0.2, 0.25) is 10.0 Å². The van der Waals surface area contributed by atoms with Crippen LogP contribution in [0.25, 0.3) is 0 Å². The molecule has 1 saturated heterocycles. The molecule has 1 aromatic rings. The van der Waals surface area contributed by atoms with Gasteiger partial charge in [-0.05, 0) is 42.9 Å². The predicted molar refractivity (Wildman–Crippen MR) is 103 cm³/mol. The highest BCUT2D eigenvalue weighted by Crippen LogP contribution is 2.30. The molecule has 0 unspecified atom stereocenters. The third-order valence-electron chi connectivity index (χ3n) is 5.33. The van der Waals surface area contributed by atoms with Crippen molar-refractivity contribution in [2.75, 3.05) is 26.2 Å². The van der Waals surface area contributed by atoms with E-state index in [9.17, 15) is 13.2 Å². The minimum absolute atomic E-state index is 0.0301. The Bertz CT molecular complexity index is 766. The standard InChI is InChI=1S/C19H31N3O3S/c1-13-11-16(19(4,5)6)12-14(2)17(13)26(24,25)22-9-7-21(8-10-22)15(3)18(20)23/h11-12,15H,7-10H2,1-6H3,(H2,20,23)/p+1/t15-/m1/s1. The fraction of sp³-hybridized carbons (Fsp3) is 0.632. The molecule has 1 aliphatic rings. The summed E-state index contributed by atoms with van der Waals surface area (Å²) in [4.78, 5) is 12.8. The lowest BCUT2D eigenvalue weighted by molar-refractivity contribution is -0.917. The summed E-state index contributed by atoms with van der Waals surface area (Å²) in [5.74, 6) is -0.347. The zero-order chi connectivity index (χ0) is 19.9. The van der Waals surface area contributed by atoms with Crippen molar-refractivity contribution in [1.29, 1.82) is 0 Å². The normalized spacial score (nSPS) is 18.7. The van der Waals surface area contributed by atoms with E-state index >= 15 is 0 Å². The molecule has 3 N–H and O–H groups in total. The number of sulfonamides is 1. The van der Waals surface area contributed by atoms with Crippen LogP contribution in [0, 0.1) is 13.8 Å². The lowest BCUT2D eigenvalue weighted by Gasteiger charge is -2.34. The maximum atomic E-state index is 13.2. The Labute approximate surface area is 157 Å². The van der Waals surface area contributed by atoms with Crippen LogP contribution in [0.2, 0.25) is 0 Å². The molecule has 0 aromatic heterocycles. The van der Waals surface area contributed by atoms with Gasteiger partial charge in [0.25, 0.3) is 5.91 Å². The molecule has 1 aromatic carbocycles. The van der Waals surface area contributed by atoms with Crippen molar-refractivity contribution < 1.29 is 18.1 Å². The molecular weight excluding hydrogens is 350 g/mol. The van der Waals surface area contributed by atoms with Crippen molar-refractivity contribution in [2.24, 2.45) is 5.73 Å². The first kappa shape index (κ1) is 20.9. The van der Waals surface area contributed by atoms with Crippen LogP contribution in [0.15, 0.2) is 17.0 Å². The van der Waals surface area contributed by atoms with Crippen LogP contribution in [0.1, 0.15) is 44.4 Å². The molecule has 146 valence electrons. The van der Waals surface area contributed by atoms with Crippen molar-refractivity contribution in [3.8, 4) is 0 Å². The van der Waals surface area contributed by atoms with Gasteiger partial charge < -0.3 is 10.6 Å². The highest BCUT2D eigenvalue weighted by Gasteiger charge is 2.35. The lowest BCUT2D eigenvalue weighted by atomic mass is 9.85. The van der Waals surface area contributed by atoms with Gasteiger partial charge in [0.05, 0.1) is 31.1 Å². The van der Waals surface area contributed by atoms with Crippen molar-refractivity contribution in [3.05, 3.63) is 28.8 Å². The summed E-state index contributed by atoms with van der Waals surface area (Å²) in [6.07, 6.45) is 0. The smallest absolute Gasteiger partial charge is 0.275 e. The van der Waals surface area contributed by atoms with Gasteiger partial charge in [0.1, 0.15) is 0 Å². The van der Waals surface area contributed by atoms with Crippen LogP contribution in [-0.2, 0) is 20.2 Å². The second kappa shape index (κ2) is 7.29. The molecule has 1 amide bonds. The summed E-state index contributed by atoms with van der Waals surface area (Å²) in [7, 11) is -3.55. The largest absolute Gasteiger partial charge is 0.365 e. The number of aryl methyl sites for hydroxylation is 2. The highest BCUT2D eigenvalue weighted by atomic mass is 32.2. The SMILES string of the molecule is Cc1cc(C(C)(C)C)cc(C)c1S(=O)(=O)N1CC[NH+]([C@H](C)C(N)=O)CC1. The number of carbonyl (C=O) groups excluding carboxylic acids is 1. The first-order chi connectivity index (χ1) is 11.9. The van der Waals surface area contributed by atoms with Crippen LogP contribution in [0.4, 0.5) is 0 Å². The maximum Gasteiger partial charge on any atom is 0.275 e.